The molecule has 3 amide bonds. The van der Waals surface area contributed by atoms with Gasteiger partial charge in [0.2, 0.25) is 5.91 Å². The first kappa shape index (κ1) is 19.9. The number of methoxy groups -OCH3 is 2. The number of nitrogens with zero attached hydrogens (tertiary/aromatic N) is 2. The number of rotatable bonds is 7. The van der Waals surface area contributed by atoms with Crippen molar-refractivity contribution in [3.8, 4) is 11.5 Å². The first-order valence-electron chi connectivity index (χ1n) is 8.78. The van der Waals surface area contributed by atoms with Crippen LogP contribution < -0.4 is 19.7 Å². The molecule has 7 nitrogen and oxygen atoms in total. The Morgan fingerprint density at radius 1 is 1.11 bits per heavy atom. The standard InChI is InChI=1S/C20H23N3O4S/c1-26-17-8-7-15(12-18(17)27-2)23-10-9-22(20(23)25)13-19(24)21-14-5-4-6-16(11-14)28-3/h4-8,11-12H,9-10,13H2,1-3H3,(H,21,24). The third-order valence-electron chi connectivity index (χ3n) is 4.46. The van der Waals surface area contributed by atoms with Crippen molar-refractivity contribution in [2.24, 2.45) is 0 Å². The SMILES string of the molecule is COc1ccc(N2CCN(CC(=O)Nc3cccc(SC)c3)C2=O)cc1OC. The van der Waals surface area contributed by atoms with E-state index in [1.54, 1.807) is 49.1 Å². The monoisotopic (exact) mass is 401 g/mol. The molecule has 2 aromatic rings. The van der Waals surface area contributed by atoms with Crippen molar-refractivity contribution in [3.05, 3.63) is 42.5 Å². The molecule has 0 atom stereocenters. The van der Waals surface area contributed by atoms with Gasteiger partial charge in [-0.15, -0.1) is 11.8 Å². The molecule has 28 heavy (non-hydrogen) atoms. The lowest BCUT2D eigenvalue weighted by molar-refractivity contribution is -0.116. The van der Waals surface area contributed by atoms with Gasteiger partial charge < -0.3 is 19.7 Å². The van der Waals surface area contributed by atoms with Crippen molar-refractivity contribution in [2.45, 2.75) is 4.90 Å². The van der Waals surface area contributed by atoms with Crippen molar-refractivity contribution >= 4 is 35.1 Å². The van der Waals surface area contributed by atoms with E-state index in [4.69, 9.17) is 9.47 Å². The second-order valence-electron chi connectivity index (χ2n) is 6.18. The highest BCUT2D eigenvalue weighted by Gasteiger charge is 2.31. The van der Waals surface area contributed by atoms with Crippen LogP contribution in [0.15, 0.2) is 47.4 Å². The molecule has 1 aliphatic heterocycles. The van der Waals surface area contributed by atoms with Gasteiger partial charge in [0.05, 0.1) is 14.2 Å². The number of thioether (sulfide) groups is 1. The van der Waals surface area contributed by atoms with Gasteiger partial charge in [0, 0.05) is 35.4 Å². The van der Waals surface area contributed by atoms with E-state index in [9.17, 15) is 9.59 Å². The molecule has 0 saturated carbocycles. The molecule has 1 heterocycles. The fourth-order valence-corrected chi connectivity index (χ4v) is 3.50. The number of hydrogen-bond donors (Lipinski definition) is 1. The number of nitrogens with one attached hydrogen (secondary N) is 1. The Hall–Kier alpha value is -2.87. The third kappa shape index (κ3) is 4.33. The Labute approximate surface area is 168 Å². The Balaban J connectivity index is 1.64. The molecule has 1 N–H and O–H groups in total. The zero-order valence-electron chi connectivity index (χ0n) is 16.1. The highest BCUT2D eigenvalue weighted by molar-refractivity contribution is 7.98. The quantitative estimate of drug-likeness (QED) is 0.721. The van der Waals surface area contributed by atoms with Gasteiger partial charge in [0.1, 0.15) is 6.54 Å². The molecule has 0 aliphatic carbocycles. The molecule has 0 aromatic heterocycles. The van der Waals surface area contributed by atoms with Crippen LogP contribution in [0.1, 0.15) is 0 Å². The van der Waals surface area contributed by atoms with Gasteiger partial charge in [-0.2, -0.15) is 0 Å². The topological polar surface area (TPSA) is 71.1 Å². The maximum atomic E-state index is 12.7. The van der Waals surface area contributed by atoms with Gasteiger partial charge in [-0.1, -0.05) is 6.07 Å². The summed E-state index contributed by atoms with van der Waals surface area (Å²) in [6, 6.07) is 12.7. The van der Waals surface area contributed by atoms with Gasteiger partial charge in [0.25, 0.3) is 0 Å². The van der Waals surface area contributed by atoms with E-state index in [0.717, 1.165) is 10.6 Å². The molecule has 0 bridgehead atoms. The number of carbonyl (C=O) groups excluding carboxylic acids is 2. The van der Waals surface area contributed by atoms with E-state index < -0.39 is 0 Å². The summed E-state index contributed by atoms with van der Waals surface area (Å²) in [5, 5.41) is 2.85. The van der Waals surface area contributed by atoms with Crippen molar-refractivity contribution in [2.75, 3.05) is 50.3 Å². The zero-order valence-corrected chi connectivity index (χ0v) is 16.9. The molecule has 8 heteroatoms. The fraction of sp³-hybridized carbons (Fsp3) is 0.300. The van der Waals surface area contributed by atoms with Crippen molar-refractivity contribution in [1.82, 2.24) is 4.90 Å². The predicted molar refractivity (Wildman–Crippen MR) is 111 cm³/mol. The Bertz CT molecular complexity index is 874. The largest absolute Gasteiger partial charge is 0.493 e. The van der Waals surface area contributed by atoms with Crippen LogP contribution in [-0.4, -0.2) is 56.9 Å². The molecular formula is C20H23N3O4S. The Morgan fingerprint density at radius 2 is 1.89 bits per heavy atom. The minimum absolute atomic E-state index is 0.00607. The van der Waals surface area contributed by atoms with Crippen LogP contribution in [0.25, 0.3) is 0 Å². The summed E-state index contributed by atoms with van der Waals surface area (Å²) in [6.07, 6.45) is 1.98. The molecule has 1 aliphatic rings. The summed E-state index contributed by atoms with van der Waals surface area (Å²) in [5.74, 6) is 0.931. The maximum Gasteiger partial charge on any atom is 0.325 e. The van der Waals surface area contributed by atoms with Crippen LogP contribution in [-0.2, 0) is 4.79 Å². The lowest BCUT2D eigenvalue weighted by atomic mass is 10.2. The maximum absolute atomic E-state index is 12.7. The van der Waals surface area contributed by atoms with E-state index >= 15 is 0 Å². The lowest BCUT2D eigenvalue weighted by Crippen LogP contribution is -2.37. The molecule has 0 unspecified atom stereocenters. The second kappa shape index (κ2) is 8.88. The van der Waals surface area contributed by atoms with Gasteiger partial charge in [-0.3, -0.25) is 9.69 Å². The van der Waals surface area contributed by atoms with Gasteiger partial charge in [-0.25, -0.2) is 4.79 Å². The Morgan fingerprint density at radius 3 is 2.61 bits per heavy atom. The van der Waals surface area contributed by atoms with E-state index in [1.807, 2.05) is 30.5 Å². The highest BCUT2D eigenvalue weighted by atomic mass is 32.2. The number of carbonyl (C=O) groups is 2. The minimum atomic E-state index is -0.222. The van der Waals surface area contributed by atoms with Gasteiger partial charge >= 0.3 is 6.03 Å². The summed E-state index contributed by atoms with van der Waals surface area (Å²) in [5.41, 5.74) is 1.43. The number of urea groups is 1. The van der Waals surface area contributed by atoms with Crippen molar-refractivity contribution < 1.29 is 19.1 Å². The van der Waals surface area contributed by atoms with Gasteiger partial charge in [-0.05, 0) is 36.6 Å². The molecule has 1 saturated heterocycles. The summed E-state index contributed by atoms with van der Waals surface area (Å²) in [7, 11) is 3.11. The van der Waals surface area contributed by atoms with E-state index in [1.165, 1.54) is 4.90 Å². The number of anilines is 2. The molecule has 2 aromatic carbocycles. The van der Waals surface area contributed by atoms with Crippen molar-refractivity contribution in [1.29, 1.82) is 0 Å². The van der Waals surface area contributed by atoms with E-state index in [0.29, 0.717) is 30.3 Å². The molecule has 0 radical (unpaired) electrons. The predicted octanol–water partition coefficient (Wildman–Crippen LogP) is 3.31. The van der Waals surface area contributed by atoms with E-state index in [2.05, 4.69) is 5.32 Å². The lowest BCUT2D eigenvalue weighted by Gasteiger charge is -2.19. The average Bonchev–Trinajstić information content (AvgIpc) is 3.07. The van der Waals surface area contributed by atoms with Crippen LogP contribution in [0.2, 0.25) is 0 Å². The van der Waals surface area contributed by atoms with Crippen LogP contribution in [0.4, 0.5) is 16.2 Å². The smallest absolute Gasteiger partial charge is 0.325 e. The summed E-state index contributed by atoms with van der Waals surface area (Å²) >= 11 is 1.61. The summed E-state index contributed by atoms with van der Waals surface area (Å²) < 4.78 is 10.5. The zero-order chi connectivity index (χ0) is 20.1. The highest BCUT2D eigenvalue weighted by Crippen LogP contribution is 2.32. The minimum Gasteiger partial charge on any atom is -0.493 e. The fourth-order valence-electron chi connectivity index (χ4n) is 3.04. The normalized spacial score (nSPS) is 13.6. The molecule has 1 fully saturated rings. The second-order valence-corrected chi connectivity index (χ2v) is 7.05. The molecule has 3 rings (SSSR count). The average molecular weight is 401 g/mol. The Kier molecular flexibility index (Phi) is 6.30. The first-order valence-corrected chi connectivity index (χ1v) is 10.0. The van der Waals surface area contributed by atoms with Gasteiger partial charge in [0.15, 0.2) is 11.5 Å². The summed E-state index contributed by atoms with van der Waals surface area (Å²) in [4.78, 5) is 29.3. The van der Waals surface area contributed by atoms with E-state index in [-0.39, 0.29) is 18.5 Å². The van der Waals surface area contributed by atoms with Crippen LogP contribution in [0.3, 0.4) is 0 Å². The van der Waals surface area contributed by atoms with Crippen LogP contribution in [0.5, 0.6) is 11.5 Å². The van der Waals surface area contributed by atoms with Crippen molar-refractivity contribution in [3.63, 3.8) is 0 Å². The number of benzene rings is 2. The third-order valence-corrected chi connectivity index (χ3v) is 5.19. The molecule has 148 valence electrons. The number of ether oxygens (including phenoxy) is 2. The number of amides is 3. The molecular weight excluding hydrogens is 378 g/mol. The summed E-state index contributed by atoms with van der Waals surface area (Å²) in [6.45, 7) is 0.987. The van der Waals surface area contributed by atoms with Crippen LogP contribution >= 0.6 is 11.8 Å². The van der Waals surface area contributed by atoms with Crippen LogP contribution in [0, 0.1) is 0 Å². The first-order chi connectivity index (χ1) is 13.5. The molecule has 0 spiro atoms. The number of hydrogen-bond acceptors (Lipinski definition) is 5.